The average Bonchev–Trinajstić information content (AvgIpc) is 3.14. The predicted octanol–water partition coefficient (Wildman–Crippen LogP) is 1.80. The van der Waals surface area contributed by atoms with E-state index in [9.17, 15) is 4.39 Å². The lowest BCUT2D eigenvalue weighted by Gasteiger charge is -2.17. The second-order valence-corrected chi connectivity index (χ2v) is 5.38. The zero-order chi connectivity index (χ0) is 14.3. The summed E-state index contributed by atoms with van der Waals surface area (Å²) in [6.45, 7) is 0.749. The van der Waals surface area contributed by atoms with Crippen LogP contribution in [0.2, 0.25) is 0 Å². The van der Waals surface area contributed by atoms with E-state index < -0.39 is 0 Å². The van der Waals surface area contributed by atoms with Crippen molar-refractivity contribution in [1.29, 1.82) is 0 Å². The van der Waals surface area contributed by atoms with Crippen molar-refractivity contribution in [2.45, 2.75) is 18.3 Å². The number of fused-ring (bicyclic) bond motifs is 1. The highest BCUT2D eigenvalue weighted by Gasteiger charge is 2.44. The molecule has 0 amide bonds. The zero-order valence-electron chi connectivity index (χ0n) is 11.2. The van der Waals surface area contributed by atoms with Gasteiger partial charge in [0.2, 0.25) is 0 Å². The summed E-state index contributed by atoms with van der Waals surface area (Å²) in [7, 11) is 0. The molecular formula is C14H13FN6. The van der Waals surface area contributed by atoms with Crippen molar-refractivity contribution >= 4 is 11.5 Å². The third-order valence-corrected chi connectivity index (χ3v) is 4.03. The molecular weight excluding hydrogens is 271 g/mol. The number of tetrazole rings is 1. The van der Waals surface area contributed by atoms with Crippen molar-refractivity contribution in [3.8, 4) is 0 Å². The molecule has 1 aliphatic rings. The molecule has 2 aromatic heterocycles. The summed E-state index contributed by atoms with van der Waals surface area (Å²) in [5.41, 5.74) is 1.84. The Kier molecular flexibility index (Phi) is 2.60. The van der Waals surface area contributed by atoms with Crippen LogP contribution in [0.4, 0.5) is 10.2 Å². The van der Waals surface area contributed by atoms with Crippen molar-refractivity contribution in [1.82, 2.24) is 25.0 Å². The molecule has 6 nitrogen and oxygen atoms in total. The van der Waals surface area contributed by atoms with Crippen LogP contribution >= 0.6 is 0 Å². The topological polar surface area (TPSA) is 68.0 Å². The van der Waals surface area contributed by atoms with Gasteiger partial charge in [-0.15, -0.1) is 5.10 Å². The van der Waals surface area contributed by atoms with Gasteiger partial charge >= 0.3 is 0 Å². The number of nitrogens with one attached hydrogen (secondary N) is 1. The van der Waals surface area contributed by atoms with Crippen molar-refractivity contribution in [3.05, 3.63) is 48.0 Å². The van der Waals surface area contributed by atoms with Crippen LogP contribution < -0.4 is 5.32 Å². The predicted molar refractivity (Wildman–Crippen MR) is 74.4 cm³/mol. The highest BCUT2D eigenvalue weighted by atomic mass is 19.1. The third-order valence-electron chi connectivity index (χ3n) is 4.03. The number of halogens is 1. The van der Waals surface area contributed by atoms with Gasteiger partial charge in [-0.3, -0.25) is 4.98 Å². The number of hydrogen-bond donors (Lipinski definition) is 1. The van der Waals surface area contributed by atoms with Gasteiger partial charge in [0, 0.05) is 12.0 Å². The molecule has 1 N–H and O–H groups in total. The van der Waals surface area contributed by atoms with Gasteiger partial charge in [0.15, 0.2) is 5.65 Å². The third kappa shape index (κ3) is 2.10. The van der Waals surface area contributed by atoms with Crippen LogP contribution in [0.1, 0.15) is 18.4 Å². The molecule has 0 bridgehead atoms. The number of anilines is 1. The quantitative estimate of drug-likeness (QED) is 0.791. The second kappa shape index (κ2) is 4.47. The minimum absolute atomic E-state index is 0.0733. The maximum atomic E-state index is 13.0. The summed E-state index contributed by atoms with van der Waals surface area (Å²) < 4.78 is 14.7. The lowest BCUT2D eigenvalue weighted by molar-refractivity contribution is 0.624. The Morgan fingerprint density at radius 2 is 2.00 bits per heavy atom. The number of hydrogen-bond acceptors (Lipinski definition) is 5. The summed E-state index contributed by atoms with van der Waals surface area (Å²) in [4.78, 5) is 4.12. The van der Waals surface area contributed by atoms with Crippen molar-refractivity contribution in [2.24, 2.45) is 0 Å². The molecule has 0 aliphatic heterocycles. The van der Waals surface area contributed by atoms with E-state index in [0.29, 0.717) is 5.65 Å². The van der Waals surface area contributed by atoms with E-state index in [-0.39, 0.29) is 11.2 Å². The first-order chi connectivity index (χ1) is 10.3. The SMILES string of the molecule is Fc1ccc(C2(CNc3cncc4nnnn34)CC2)cc1. The molecule has 0 spiro atoms. The molecule has 0 unspecified atom stereocenters. The van der Waals surface area contributed by atoms with E-state index in [4.69, 9.17) is 0 Å². The van der Waals surface area contributed by atoms with Gasteiger partial charge in [-0.1, -0.05) is 12.1 Å². The summed E-state index contributed by atoms with van der Waals surface area (Å²) in [6.07, 6.45) is 5.48. The van der Waals surface area contributed by atoms with Crippen LogP contribution in [0, 0.1) is 5.82 Å². The molecule has 7 heteroatoms. The maximum absolute atomic E-state index is 13.0. The summed E-state index contributed by atoms with van der Waals surface area (Å²) >= 11 is 0. The zero-order valence-corrected chi connectivity index (χ0v) is 11.2. The number of nitrogens with zero attached hydrogens (tertiary/aromatic N) is 5. The van der Waals surface area contributed by atoms with Crippen LogP contribution in [0.5, 0.6) is 0 Å². The van der Waals surface area contributed by atoms with Crippen molar-refractivity contribution in [2.75, 3.05) is 11.9 Å². The summed E-state index contributed by atoms with van der Waals surface area (Å²) in [6, 6.07) is 6.75. The van der Waals surface area contributed by atoms with Gasteiger partial charge in [0.05, 0.1) is 12.4 Å². The Morgan fingerprint density at radius 1 is 1.19 bits per heavy atom. The fourth-order valence-corrected chi connectivity index (χ4v) is 2.58. The standard InChI is InChI=1S/C14H13FN6/c15-11-3-1-10(2-4-11)14(5-6-14)9-17-12-7-16-8-13-18-19-20-21(12)13/h1-4,7-8,17H,5-6,9H2. The van der Waals surface area contributed by atoms with Gasteiger partial charge in [0.25, 0.3) is 0 Å². The molecule has 0 radical (unpaired) electrons. The Hall–Kier alpha value is -2.57. The normalized spacial score (nSPS) is 16.0. The van der Waals surface area contributed by atoms with Crippen LogP contribution in [-0.4, -0.2) is 31.6 Å². The second-order valence-electron chi connectivity index (χ2n) is 5.38. The van der Waals surface area contributed by atoms with Gasteiger partial charge in [-0.2, -0.15) is 4.52 Å². The first-order valence-electron chi connectivity index (χ1n) is 6.79. The summed E-state index contributed by atoms with van der Waals surface area (Å²) in [5, 5.41) is 14.8. The molecule has 0 saturated heterocycles. The number of aromatic nitrogens is 5. The molecule has 106 valence electrons. The van der Waals surface area contributed by atoms with Crippen LogP contribution in [0.15, 0.2) is 36.7 Å². The van der Waals surface area contributed by atoms with Gasteiger partial charge in [-0.05, 0) is 41.0 Å². The fraction of sp³-hybridized carbons (Fsp3) is 0.286. The molecule has 1 saturated carbocycles. The number of benzene rings is 1. The van der Waals surface area contributed by atoms with Crippen molar-refractivity contribution in [3.63, 3.8) is 0 Å². The highest BCUT2D eigenvalue weighted by Crippen LogP contribution is 2.48. The lowest BCUT2D eigenvalue weighted by atomic mass is 9.96. The van der Waals surface area contributed by atoms with E-state index in [1.54, 1.807) is 16.9 Å². The molecule has 1 aliphatic carbocycles. The van der Waals surface area contributed by atoms with Crippen LogP contribution in [0.3, 0.4) is 0 Å². The maximum Gasteiger partial charge on any atom is 0.199 e. The Morgan fingerprint density at radius 3 is 2.76 bits per heavy atom. The minimum atomic E-state index is -0.204. The Balaban J connectivity index is 1.56. The molecule has 0 atom stereocenters. The van der Waals surface area contributed by atoms with Crippen LogP contribution in [-0.2, 0) is 5.41 Å². The monoisotopic (exact) mass is 284 g/mol. The highest BCUT2D eigenvalue weighted by molar-refractivity contribution is 5.45. The smallest absolute Gasteiger partial charge is 0.199 e. The van der Waals surface area contributed by atoms with Gasteiger partial charge in [-0.25, -0.2) is 4.39 Å². The first kappa shape index (κ1) is 12.2. The van der Waals surface area contributed by atoms with Crippen molar-refractivity contribution < 1.29 is 4.39 Å². The summed E-state index contributed by atoms with van der Waals surface area (Å²) in [5.74, 6) is 0.552. The van der Waals surface area contributed by atoms with E-state index in [1.165, 1.54) is 12.1 Å². The first-order valence-corrected chi connectivity index (χ1v) is 6.79. The minimum Gasteiger partial charge on any atom is -0.368 e. The molecule has 21 heavy (non-hydrogen) atoms. The lowest BCUT2D eigenvalue weighted by Crippen LogP contribution is -2.21. The van der Waals surface area contributed by atoms with Crippen LogP contribution in [0.25, 0.3) is 5.65 Å². The molecule has 1 fully saturated rings. The molecule has 2 heterocycles. The molecule has 4 rings (SSSR count). The molecule has 1 aromatic carbocycles. The van der Waals surface area contributed by atoms with E-state index in [0.717, 1.165) is 30.8 Å². The molecule has 3 aromatic rings. The number of rotatable bonds is 4. The van der Waals surface area contributed by atoms with E-state index in [1.807, 2.05) is 12.1 Å². The fourth-order valence-electron chi connectivity index (χ4n) is 2.58. The van der Waals surface area contributed by atoms with E-state index >= 15 is 0 Å². The van der Waals surface area contributed by atoms with E-state index in [2.05, 4.69) is 25.8 Å². The Labute approximate surface area is 120 Å². The van der Waals surface area contributed by atoms with Gasteiger partial charge in [0.1, 0.15) is 11.6 Å². The van der Waals surface area contributed by atoms with Gasteiger partial charge < -0.3 is 5.32 Å². The largest absolute Gasteiger partial charge is 0.368 e. The average molecular weight is 284 g/mol. The Bertz CT molecular complexity index is 778.